The van der Waals surface area contributed by atoms with Crippen molar-refractivity contribution in [2.45, 2.75) is 25.8 Å². The summed E-state index contributed by atoms with van der Waals surface area (Å²) in [6.45, 7) is 4.91. The molecule has 1 amide bonds. The summed E-state index contributed by atoms with van der Waals surface area (Å²) in [5.41, 5.74) is 6.40. The molecule has 1 fully saturated rings. The summed E-state index contributed by atoms with van der Waals surface area (Å²) in [5.74, 6) is -0.170. The van der Waals surface area contributed by atoms with Crippen molar-refractivity contribution in [2.24, 2.45) is 0 Å². The van der Waals surface area contributed by atoms with Gasteiger partial charge in [0.25, 0.3) is 5.91 Å². The van der Waals surface area contributed by atoms with Crippen molar-refractivity contribution in [1.29, 1.82) is 0 Å². The molecule has 1 atom stereocenters. The standard InChI is InChI=1S/C14H19Cl2N3O/c1-2-19-5-3-4-10(19)8-18-14(20)9-6-11(15)13(17)12(16)7-9/h6-7,10H,2-5,8,17H2,1H3,(H,18,20). The monoisotopic (exact) mass is 315 g/mol. The number of hydrogen-bond acceptors (Lipinski definition) is 3. The normalized spacial score (nSPS) is 19.2. The number of anilines is 1. The second-order valence-corrected chi connectivity index (χ2v) is 5.80. The topological polar surface area (TPSA) is 58.4 Å². The summed E-state index contributed by atoms with van der Waals surface area (Å²) in [6.07, 6.45) is 2.31. The van der Waals surface area contributed by atoms with Crippen LogP contribution in [0.15, 0.2) is 12.1 Å². The summed E-state index contributed by atoms with van der Waals surface area (Å²) >= 11 is 11.9. The van der Waals surface area contributed by atoms with Gasteiger partial charge in [0.1, 0.15) is 0 Å². The zero-order valence-electron chi connectivity index (χ0n) is 11.5. The summed E-state index contributed by atoms with van der Waals surface area (Å²) in [5, 5.41) is 3.55. The molecule has 0 radical (unpaired) electrons. The number of likely N-dealkylation sites (N-methyl/N-ethyl adjacent to an activating group) is 1. The average Bonchev–Trinajstić information content (AvgIpc) is 2.89. The molecule has 0 saturated carbocycles. The van der Waals surface area contributed by atoms with Gasteiger partial charge in [-0.1, -0.05) is 30.1 Å². The number of hydrogen-bond donors (Lipinski definition) is 2. The molecule has 2 rings (SSSR count). The van der Waals surface area contributed by atoms with Gasteiger partial charge in [0, 0.05) is 18.2 Å². The van der Waals surface area contributed by atoms with Crippen molar-refractivity contribution in [1.82, 2.24) is 10.2 Å². The fraction of sp³-hybridized carbons (Fsp3) is 0.500. The Morgan fingerprint density at radius 1 is 1.45 bits per heavy atom. The highest BCUT2D eigenvalue weighted by Gasteiger charge is 2.23. The number of nitrogens with two attached hydrogens (primary N) is 1. The number of carbonyl (C=O) groups excluding carboxylic acids is 1. The van der Waals surface area contributed by atoms with Gasteiger partial charge in [-0.15, -0.1) is 0 Å². The molecule has 1 aromatic carbocycles. The van der Waals surface area contributed by atoms with Crippen LogP contribution >= 0.6 is 23.2 Å². The Balaban J connectivity index is 1.98. The predicted molar refractivity (Wildman–Crippen MR) is 83.5 cm³/mol. The van der Waals surface area contributed by atoms with Gasteiger partial charge in [-0.3, -0.25) is 9.69 Å². The van der Waals surface area contributed by atoms with Crippen LogP contribution in [0.2, 0.25) is 10.0 Å². The third kappa shape index (κ3) is 3.37. The zero-order chi connectivity index (χ0) is 14.7. The maximum atomic E-state index is 12.1. The summed E-state index contributed by atoms with van der Waals surface area (Å²) in [7, 11) is 0. The largest absolute Gasteiger partial charge is 0.396 e. The lowest BCUT2D eigenvalue weighted by molar-refractivity contribution is 0.0941. The molecule has 0 bridgehead atoms. The summed E-state index contributed by atoms with van der Waals surface area (Å²) < 4.78 is 0. The number of halogens is 2. The van der Waals surface area contributed by atoms with Crippen LogP contribution in [-0.4, -0.2) is 36.5 Å². The smallest absolute Gasteiger partial charge is 0.251 e. The minimum absolute atomic E-state index is 0.170. The first-order valence-electron chi connectivity index (χ1n) is 6.79. The fourth-order valence-corrected chi connectivity index (χ4v) is 3.06. The SMILES string of the molecule is CCN1CCCC1CNC(=O)c1cc(Cl)c(N)c(Cl)c1. The van der Waals surface area contributed by atoms with Crippen LogP contribution in [0.1, 0.15) is 30.1 Å². The van der Waals surface area contributed by atoms with E-state index in [4.69, 9.17) is 28.9 Å². The molecular formula is C14H19Cl2N3O. The van der Waals surface area contributed by atoms with Gasteiger partial charge in [-0.2, -0.15) is 0 Å². The van der Waals surface area contributed by atoms with E-state index in [2.05, 4.69) is 17.1 Å². The van der Waals surface area contributed by atoms with Crippen LogP contribution in [0.3, 0.4) is 0 Å². The fourth-order valence-electron chi connectivity index (χ4n) is 2.57. The van der Waals surface area contributed by atoms with Crippen LogP contribution in [0.4, 0.5) is 5.69 Å². The number of nitrogens with zero attached hydrogens (tertiary/aromatic N) is 1. The summed E-state index contributed by atoms with van der Waals surface area (Å²) in [6, 6.07) is 3.51. The lowest BCUT2D eigenvalue weighted by atomic mass is 10.1. The number of amides is 1. The van der Waals surface area contributed by atoms with Crippen molar-refractivity contribution < 1.29 is 4.79 Å². The highest BCUT2D eigenvalue weighted by Crippen LogP contribution is 2.28. The van der Waals surface area contributed by atoms with Gasteiger partial charge < -0.3 is 11.1 Å². The molecule has 1 aromatic rings. The van der Waals surface area contributed by atoms with Crippen LogP contribution in [0, 0.1) is 0 Å². The van der Waals surface area contributed by atoms with Crippen molar-refractivity contribution in [3.63, 3.8) is 0 Å². The highest BCUT2D eigenvalue weighted by molar-refractivity contribution is 6.39. The van der Waals surface area contributed by atoms with E-state index in [1.165, 1.54) is 6.42 Å². The number of likely N-dealkylation sites (tertiary alicyclic amines) is 1. The number of nitrogens with one attached hydrogen (secondary N) is 1. The third-order valence-electron chi connectivity index (χ3n) is 3.74. The van der Waals surface area contributed by atoms with Crippen molar-refractivity contribution in [3.8, 4) is 0 Å². The molecule has 0 aliphatic carbocycles. The first-order valence-corrected chi connectivity index (χ1v) is 7.55. The van der Waals surface area contributed by atoms with E-state index in [0.717, 1.165) is 19.5 Å². The Morgan fingerprint density at radius 3 is 2.70 bits per heavy atom. The highest BCUT2D eigenvalue weighted by atomic mass is 35.5. The lowest BCUT2D eigenvalue weighted by Gasteiger charge is -2.22. The molecule has 110 valence electrons. The van der Waals surface area contributed by atoms with E-state index >= 15 is 0 Å². The Labute approximate surface area is 129 Å². The van der Waals surface area contributed by atoms with E-state index in [-0.39, 0.29) is 5.91 Å². The van der Waals surface area contributed by atoms with Gasteiger partial charge in [0.05, 0.1) is 15.7 Å². The van der Waals surface area contributed by atoms with Crippen molar-refractivity contribution in [3.05, 3.63) is 27.7 Å². The molecule has 1 saturated heterocycles. The van der Waals surface area contributed by atoms with Crippen molar-refractivity contribution in [2.75, 3.05) is 25.4 Å². The Hall–Kier alpha value is -0.970. The van der Waals surface area contributed by atoms with E-state index < -0.39 is 0 Å². The lowest BCUT2D eigenvalue weighted by Crippen LogP contribution is -2.40. The van der Waals surface area contributed by atoms with E-state index in [9.17, 15) is 4.79 Å². The van der Waals surface area contributed by atoms with Crippen LogP contribution < -0.4 is 11.1 Å². The van der Waals surface area contributed by atoms with E-state index in [0.29, 0.717) is 33.9 Å². The number of carbonyl (C=O) groups is 1. The number of rotatable bonds is 4. The Kier molecular flexibility index (Phi) is 5.13. The molecule has 0 aromatic heterocycles. The minimum Gasteiger partial charge on any atom is -0.396 e. The predicted octanol–water partition coefficient (Wildman–Crippen LogP) is 2.79. The van der Waals surface area contributed by atoms with Gasteiger partial charge in [0.15, 0.2) is 0 Å². The van der Waals surface area contributed by atoms with Crippen LogP contribution in [-0.2, 0) is 0 Å². The molecule has 1 aliphatic rings. The maximum absolute atomic E-state index is 12.1. The molecule has 1 heterocycles. The summed E-state index contributed by atoms with van der Waals surface area (Å²) in [4.78, 5) is 14.5. The first kappa shape index (κ1) is 15.4. The molecule has 3 N–H and O–H groups in total. The second kappa shape index (κ2) is 6.66. The molecular weight excluding hydrogens is 297 g/mol. The number of nitrogen functional groups attached to an aromatic ring is 1. The molecule has 1 unspecified atom stereocenters. The van der Waals surface area contributed by atoms with Gasteiger partial charge >= 0.3 is 0 Å². The van der Waals surface area contributed by atoms with E-state index in [1.54, 1.807) is 12.1 Å². The first-order chi connectivity index (χ1) is 9.52. The van der Waals surface area contributed by atoms with Gasteiger partial charge in [-0.25, -0.2) is 0 Å². The van der Waals surface area contributed by atoms with Gasteiger partial charge in [-0.05, 0) is 38.1 Å². The molecule has 1 aliphatic heterocycles. The minimum atomic E-state index is -0.170. The molecule has 20 heavy (non-hydrogen) atoms. The van der Waals surface area contributed by atoms with Crippen LogP contribution in [0.5, 0.6) is 0 Å². The second-order valence-electron chi connectivity index (χ2n) is 4.99. The number of benzene rings is 1. The van der Waals surface area contributed by atoms with Crippen molar-refractivity contribution >= 4 is 34.8 Å². The molecule has 4 nitrogen and oxygen atoms in total. The Morgan fingerprint density at radius 2 is 2.10 bits per heavy atom. The zero-order valence-corrected chi connectivity index (χ0v) is 13.0. The third-order valence-corrected chi connectivity index (χ3v) is 4.37. The van der Waals surface area contributed by atoms with Crippen LogP contribution in [0.25, 0.3) is 0 Å². The van der Waals surface area contributed by atoms with Gasteiger partial charge in [0.2, 0.25) is 0 Å². The maximum Gasteiger partial charge on any atom is 0.251 e. The molecule has 6 heteroatoms. The Bertz CT molecular complexity index is 484. The average molecular weight is 316 g/mol. The quantitative estimate of drug-likeness (QED) is 0.840. The molecule has 0 spiro atoms. The van der Waals surface area contributed by atoms with E-state index in [1.807, 2.05) is 0 Å².